The molecule has 1 atom stereocenters. The van der Waals surface area contributed by atoms with Gasteiger partial charge in [0, 0.05) is 19.0 Å². The zero-order chi connectivity index (χ0) is 16.5. The van der Waals surface area contributed by atoms with Crippen molar-refractivity contribution in [1.29, 1.82) is 0 Å². The molecule has 0 rings (SSSR count). The van der Waals surface area contributed by atoms with Crippen molar-refractivity contribution >= 4 is 6.29 Å². The van der Waals surface area contributed by atoms with Crippen LogP contribution in [0.15, 0.2) is 0 Å². The third-order valence-electron chi connectivity index (χ3n) is 4.50. The number of aldehydes is 1. The van der Waals surface area contributed by atoms with Crippen molar-refractivity contribution in [2.45, 2.75) is 96.9 Å². The van der Waals surface area contributed by atoms with Gasteiger partial charge in [0.1, 0.15) is 6.29 Å². The van der Waals surface area contributed by atoms with E-state index >= 15 is 0 Å². The van der Waals surface area contributed by atoms with E-state index in [4.69, 9.17) is 0 Å². The van der Waals surface area contributed by atoms with E-state index in [1.807, 2.05) is 0 Å². The fourth-order valence-electron chi connectivity index (χ4n) is 2.98. The molecule has 0 aromatic carbocycles. The van der Waals surface area contributed by atoms with Crippen LogP contribution >= 0.6 is 0 Å². The molecule has 1 N–H and O–H groups in total. The molecule has 0 saturated carbocycles. The van der Waals surface area contributed by atoms with Gasteiger partial charge in [0.15, 0.2) is 0 Å². The second kappa shape index (κ2) is 17.0. The van der Waals surface area contributed by atoms with Gasteiger partial charge in [0.25, 0.3) is 0 Å². The van der Waals surface area contributed by atoms with Crippen molar-refractivity contribution in [3.05, 3.63) is 0 Å². The van der Waals surface area contributed by atoms with Crippen LogP contribution in [0.2, 0.25) is 0 Å². The molecule has 0 aliphatic carbocycles. The first-order valence-corrected chi connectivity index (χ1v) is 9.54. The maximum atomic E-state index is 10.3. The van der Waals surface area contributed by atoms with Crippen molar-refractivity contribution in [1.82, 2.24) is 4.90 Å². The molecular formula is C19H39NO2. The lowest BCUT2D eigenvalue weighted by molar-refractivity contribution is -0.107. The predicted molar refractivity (Wildman–Crippen MR) is 95.3 cm³/mol. The highest BCUT2D eigenvalue weighted by atomic mass is 16.3. The first kappa shape index (κ1) is 21.6. The molecule has 0 amide bonds. The summed E-state index contributed by atoms with van der Waals surface area (Å²) in [6.07, 6.45) is 15.6. The minimum Gasteiger partial charge on any atom is -0.395 e. The summed E-state index contributed by atoms with van der Waals surface area (Å²) in [5, 5.41) is 9.25. The average molecular weight is 314 g/mol. The normalized spacial score (nSPS) is 12.7. The molecule has 0 radical (unpaired) electrons. The van der Waals surface area contributed by atoms with E-state index in [1.54, 1.807) is 0 Å². The summed E-state index contributed by atoms with van der Waals surface area (Å²) in [5.74, 6) is 0. The highest BCUT2D eigenvalue weighted by Gasteiger charge is 2.12. The molecule has 0 bridgehead atoms. The van der Waals surface area contributed by atoms with Gasteiger partial charge < -0.3 is 9.90 Å². The standard InChI is InChI=1S/C19H39NO2/c1-3-4-5-6-9-12-15-20(16-18-22)19(2)14-11-8-7-10-13-17-21/h17,19,22H,3-16,18H2,1-2H3. The smallest absolute Gasteiger partial charge is 0.119 e. The topological polar surface area (TPSA) is 40.5 Å². The monoisotopic (exact) mass is 313 g/mol. The Morgan fingerprint density at radius 2 is 1.55 bits per heavy atom. The minimum absolute atomic E-state index is 0.263. The average Bonchev–Trinajstić information content (AvgIpc) is 2.52. The first-order chi connectivity index (χ1) is 10.8. The molecule has 3 nitrogen and oxygen atoms in total. The van der Waals surface area contributed by atoms with Gasteiger partial charge >= 0.3 is 0 Å². The quantitative estimate of drug-likeness (QED) is 0.316. The number of carbonyl (C=O) groups excluding carboxylic acids is 1. The summed E-state index contributed by atoms with van der Waals surface area (Å²) >= 11 is 0. The van der Waals surface area contributed by atoms with E-state index in [-0.39, 0.29) is 6.61 Å². The van der Waals surface area contributed by atoms with Gasteiger partial charge in [-0.3, -0.25) is 4.90 Å². The molecule has 0 heterocycles. The number of nitrogens with zero attached hydrogens (tertiary/aromatic N) is 1. The van der Waals surface area contributed by atoms with Gasteiger partial charge in [-0.25, -0.2) is 0 Å². The number of unbranched alkanes of at least 4 members (excludes halogenated alkanes) is 9. The third-order valence-corrected chi connectivity index (χ3v) is 4.50. The van der Waals surface area contributed by atoms with Crippen molar-refractivity contribution in [2.75, 3.05) is 19.7 Å². The van der Waals surface area contributed by atoms with Crippen molar-refractivity contribution in [3.63, 3.8) is 0 Å². The molecule has 0 aromatic heterocycles. The molecule has 1 unspecified atom stereocenters. The third kappa shape index (κ3) is 13.3. The zero-order valence-corrected chi connectivity index (χ0v) is 15.1. The maximum Gasteiger partial charge on any atom is 0.119 e. The lowest BCUT2D eigenvalue weighted by atomic mass is 10.1. The van der Waals surface area contributed by atoms with Gasteiger partial charge in [0.05, 0.1) is 6.61 Å². The Balaban J connectivity index is 3.71. The van der Waals surface area contributed by atoms with E-state index in [9.17, 15) is 9.90 Å². The fraction of sp³-hybridized carbons (Fsp3) is 0.947. The van der Waals surface area contributed by atoms with Crippen molar-refractivity contribution in [3.8, 4) is 0 Å². The lowest BCUT2D eigenvalue weighted by Gasteiger charge is -2.28. The van der Waals surface area contributed by atoms with Gasteiger partial charge in [-0.15, -0.1) is 0 Å². The van der Waals surface area contributed by atoms with E-state index in [1.165, 1.54) is 64.2 Å². The molecular weight excluding hydrogens is 274 g/mol. The summed E-state index contributed by atoms with van der Waals surface area (Å²) in [6.45, 7) is 6.74. The Morgan fingerprint density at radius 3 is 2.23 bits per heavy atom. The molecule has 22 heavy (non-hydrogen) atoms. The molecule has 0 saturated heterocycles. The van der Waals surface area contributed by atoms with E-state index < -0.39 is 0 Å². The predicted octanol–water partition coefficient (Wildman–Crippen LogP) is 4.57. The molecule has 0 fully saturated rings. The van der Waals surface area contributed by atoms with Gasteiger partial charge in [0.2, 0.25) is 0 Å². The summed E-state index contributed by atoms with van der Waals surface area (Å²) in [7, 11) is 0. The maximum absolute atomic E-state index is 10.3. The fourth-order valence-corrected chi connectivity index (χ4v) is 2.98. The van der Waals surface area contributed by atoms with Crippen LogP contribution in [0.1, 0.15) is 90.9 Å². The summed E-state index contributed by atoms with van der Waals surface area (Å²) in [6, 6.07) is 0.564. The number of carbonyl (C=O) groups is 1. The van der Waals surface area contributed by atoms with Crippen LogP contribution in [-0.4, -0.2) is 42.0 Å². The molecule has 0 spiro atoms. The van der Waals surface area contributed by atoms with E-state index in [2.05, 4.69) is 18.7 Å². The van der Waals surface area contributed by atoms with Crippen molar-refractivity contribution in [2.24, 2.45) is 0 Å². The van der Waals surface area contributed by atoms with Crippen LogP contribution < -0.4 is 0 Å². The summed E-state index contributed by atoms with van der Waals surface area (Å²) in [4.78, 5) is 12.7. The number of rotatable bonds is 17. The van der Waals surface area contributed by atoms with Gasteiger partial charge in [-0.2, -0.15) is 0 Å². The molecule has 3 heteroatoms. The van der Waals surface area contributed by atoms with Gasteiger partial charge in [-0.05, 0) is 32.7 Å². The Morgan fingerprint density at radius 1 is 0.909 bits per heavy atom. The molecule has 0 aromatic rings. The number of aliphatic hydroxyl groups excluding tert-OH is 1. The highest BCUT2D eigenvalue weighted by Crippen LogP contribution is 2.13. The lowest BCUT2D eigenvalue weighted by Crippen LogP contribution is -2.36. The van der Waals surface area contributed by atoms with Crippen LogP contribution in [0.25, 0.3) is 0 Å². The van der Waals surface area contributed by atoms with Crippen LogP contribution in [-0.2, 0) is 4.79 Å². The number of aliphatic hydroxyl groups is 1. The second-order valence-corrected chi connectivity index (χ2v) is 6.53. The largest absolute Gasteiger partial charge is 0.395 e. The Kier molecular flexibility index (Phi) is 16.6. The number of hydrogen-bond donors (Lipinski definition) is 1. The summed E-state index contributed by atoms with van der Waals surface area (Å²) < 4.78 is 0. The van der Waals surface area contributed by atoms with Gasteiger partial charge in [-0.1, -0.05) is 58.3 Å². The zero-order valence-electron chi connectivity index (χ0n) is 15.1. The van der Waals surface area contributed by atoms with E-state index in [0.717, 1.165) is 25.8 Å². The minimum atomic E-state index is 0.263. The number of hydrogen-bond acceptors (Lipinski definition) is 3. The molecule has 132 valence electrons. The van der Waals surface area contributed by atoms with Crippen LogP contribution in [0.4, 0.5) is 0 Å². The van der Waals surface area contributed by atoms with Crippen LogP contribution in [0.5, 0.6) is 0 Å². The Labute approximate surface area is 138 Å². The van der Waals surface area contributed by atoms with Crippen LogP contribution in [0, 0.1) is 0 Å². The molecule has 0 aliphatic heterocycles. The highest BCUT2D eigenvalue weighted by molar-refractivity contribution is 5.48. The first-order valence-electron chi connectivity index (χ1n) is 9.54. The van der Waals surface area contributed by atoms with E-state index in [0.29, 0.717) is 12.5 Å². The summed E-state index contributed by atoms with van der Waals surface area (Å²) in [5.41, 5.74) is 0. The Bertz CT molecular complexity index is 233. The SMILES string of the molecule is CCCCCCCCN(CCO)C(C)CCCCCCC=O. The second-order valence-electron chi connectivity index (χ2n) is 6.53. The van der Waals surface area contributed by atoms with Crippen LogP contribution in [0.3, 0.4) is 0 Å². The Hall–Kier alpha value is -0.410. The van der Waals surface area contributed by atoms with Crippen molar-refractivity contribution < 1.29 is 9.90 Å². The molecule has 0 aliphatic rings.